The van der Waals surface area contributed by atoms with E-state index in [9.17, 15) is 22.8 Å². The number of pyridine rings is 1. The Labute approximate surface area is 159 Å². The molecule has 1 saturated carbocycles. The number of morpholine rings is 1. The van der Waals surface area contributed by atoms with Gasteiger partial charge < -0.3 is 19.6 Å². The van der Waals surface area contributed by atoms with Gasteiger partial charge in [-0.3, -0.25) is 9.78 Å². The number of amides is 2. The molecule has 0 aromatic carbocycles. The van der Waals surface area contributed by atoms with Gasteiger partial charge in [0.25, 0.3) is 5.91 Å². The Morgan fingerprint density at radius 3 is 2.39 bits per heavy atom. The Morgan fingerprint density at radius 2 is 1.89 bits per heavy atom. The summed E-state index contributed by atoms with van der Waals surface area (Å²) in [6.45, 7) is 1.04. The number of nitrogens with zero attached hydrogens (tertiary/aromatic N) is 3. The molecule has 152 valence electrons. The van der Waals surface area contributed by atoms with E-state index in [4.69, 9.17) is 9.84 Å². The summed E-state index contributed by atoms with van der Waals surface area (Å²) in [7, 11) is 0. The molecule has 28 heavy (non-hydrogen) atoms. The van der Waals surface area contributed by atoms with Crippen LogP contribution in [-0.2, 0) is 22.3 Å². The normalized spacial score (nSPS) is 23.3. The second-order valence-electron chi connectivity index (χ2n) is 7.75. The molecule has 0 unspecified atom stereocenters. The van der Waals surface area contributed by atoms with Crippen molar-refractivity contribution in [2.45, 2.75) is 49.6 Å². The number of hydrogen-bond acceptors (Lipinski definition) is 4. The van der Waals surface area contributed by atoms with Crippen molar-refractivity contribution >= 4 is 12.0 Å². The van der Waals surface area contributed by atoms with Crippen molar-refractivity contribution in [1.29, 1.82) is 0 Å². The maximum Gasteiger partial charge on any atom is 0.417 e. The van der Waals surface area contributed by atoms with Crippen LogP contribution in [0.25, 0.3) is 0 Å². The zero-order valence-electron chi connectivity index (χ0n) is 15.0. The molecular formula is C18H20F3N3O4. The number of likely N-dealkylation sites (tertiary alicyclic amines) is 1. The van der Waals surface area contributed by atoms with Gasteiger partial charge in [-0.1, -0.05) is 0 Å². The molecule has 3 heterocycles. The maximum atomic E-state index is 12.8. The highest BCUT2D eigenvalue weighted by Crippen LogP contribution is 2.50. The molecule has 2 amide bonds. The van der Waals surface area contributed by atoms with Gasteiger partial charge in [-0.25, -0.2) is 4.79 Å². The Bertz CT molecular complexity index is 784. The largest absolute Gasteiger partial charge is 0.465 e. The lowest BCUT2D eigenvalue weighted by molar-refractivity contribution is -0.200. The van der Waals surface area contributed by atoms with Crippen LogP contribution in [0.15, 0.2) is 18.3 Å². The second kappa shape index (κ2) is 6.33. The topological polar surface area (TPSA) is 83.0 Å². The minimum Gasteiger partial charge on any atom is -0.465 e. The van der Waals surface area contributed by atoms with Gasteiger partial charge in [-0.05, 0) is 37.8 Å². The molecular weight excluding hydrogens is 379 g/mol. The average Bonchev–Trinajstić information content (AvgIpc) is 3.39. The van der Waals surface area contributed by atoms with Gasteiger partial charge in [0.1, 0.15) is 5.60 Å². The summed E-state index contributed by atoms with van der Waals surface area (Å²) in [5.74, 6) is -0.166. The molecule has 2 saturated heterocycles. The van der Waals surface area contributed by atoms with E-state index in [0.29, 0.717) is 44.5 Å². The second-order valence-corrected chi connectivity index (χ2v) is 7.75. The Kier molecular flexibility index (Phi) is 4.29. The van der Waals surface area contributed by atoms with E-state index in [0.717, 1.165) is 12.3 Å². The van der Waals surface area contributed by atoms with Crippen LogP contribution in [0.1, 0.15) is 36.9 Å². The number of rotatable bonds is 2. The Hall–Kier alpha value is -2.36. The van der Waals surface area contributed by atoms with Crippen molar-refractivity contribution in [3.63, 3.8) is 0 Å². The summed E-state index contributed by atoms with van der Waals surface area (Å²) in [5.41, 5.74) is -1.95. The van der Waals surface area contributed by atoms with Gasteiger partial charge in [0, 0.05) is 19.3 Å². The summed E-state index contributed by atoms with van der Waals surface area (Å²) in [5, 5.41) is 9.14. The lowest BCUT2D eigenvalue weighted by Crippen LogP contribution is -2.63. The zero-order valence-corrected chi connectivity index (χ0v) is 15.0. The first kappa shape index (κ1) is 19.0. The fourth-order valence-electron chi connectivity index (χ4n) is 4.00. The van der Waals surface area contributed by atoms with E-state index in [2.05, 4.69) is 4.98 Å². The number of aromatic nitrogens is 1. The van der Waals surface area contributed by atoms with Gasteiger partial charge in [-0.15, -0.1) is 0 Å². The van der Waals surface area contributed by atoms with E-state index < -0.39 is 29.0 Å². The number of ether oxygens (including phenoxy) is 1. The van der Waals surface area contributed by atoms with Crippen molar-refractivity contribution in [2.24, 2.45) is 0 Å². The average molecular weight is 399 g/mol. The highest BCUT2D eigenvalue weighted by Gasteiger charge is 2.61. The van der Waals surface area contributed by atoms with E-state index in [1.807, 2.05) is 0 Å². The molecule has 3 aliphatic rings. The fourth-order valence-corrected chi connectivity index (χ4v) is 4.00. The molecule has 1 aliphatic carbocycles. The highest BCUT2D eigenvalue weighted by molar-refractivity contribution is 5.89. The van der Waals surface area contributed by atoms with Crippen LogP contribution >= 0.6 is 0 Å². The monoisotopic (exact) mass is 399 g/mol. The predicted octanol–water partition coefficient (Wildman–Crippen LogP) is 2.50. The van der Waals surface area contributed by atoms with Gasteiger partial charge in [0.05, 0.1) is 29.9 Å². The zero-order chi connectivity index (χ0) is 20.2. The number of carbonyl (C=O) groups is 2. The maximum absolute atomic E-state index is 12.8. The van der Waals surface area contributed by atoms with E-state index in [-0.39, 0.29) is 19.0 Å². The van der Waals surface area contributed by atoms with Gasteiger partial charge in [0.2, 0.25) is 0 Å². The van der Waals surface area contributed by atoms with Gasteiger partial charge in [0.15, 0.2) is 0 Å². The number of carboxylic acid groups (broad SMARTS) is 1. The summed E-state index contributed by atoms with van der Waals surface area (Å²) in [6.07, 6.45) is -2.50. The molecule has 1 N–H and O–H groups in total. The quantitative estimate of drug-likeness (QED) is 0.826. The summed E-state index contributed by atoms with van der Waals surface area (Å²) in [6, 6.07) is 2.24. The molecule has 1 aromatic rings. The Morgan fingerprint density at radius 1 is 1.21 bits per heavy atom. The lowest BCUT2D eigenvalue weighted by Gasteiger charge is -2.49. The SMILES string of the molecule is O=C(O)N1CCC2(CC1)CN(Cc1ccc(C(F)(F)F)cn1)C(=O)C1(CC1)O2. The van der Waals surface area contributed by atoms with E-state index >= 15 is 0 Å². The fraction of sp³-hybridized carbons (Fsp3) is 0.611. The first-order valence-corrected chi connectivity index (χ1v) is 9.12. The molecule has 0 atom stereocenters. The molecule has 0 bridgehead atoms. The molecule has 2 aliphatic heterocycles. The van der Waals surface area contributed by atoms with Crippen LogP contribution in [0.3, 0.4) is 0 Å². The number of hydrogen-bond donors (Lipinski definition) is 1. The number of piperidine rings is 1. The summed E-state index contributed by atoms with van der Waals surface area (Å²) >= 11 is 0. The van der Waals surface area contributed by atoms with Crippen molar-refractivity contribution in [3.8, 4) is 0 Å². The number of alkyl halides is 3. The third-order valence-corrected chi connectivity index (χ3v) is 5.72. The van der Waals surface area contributed by atoms with E-state index in [1.165, 1.54) is 11.0 Å². The number of carbonyl (C=O) groups excluding carboxylic acids is 1. The van der Waals surface area contributed by atoms with Crippen LogP contribution in [0.4, 0.5) is 18.0 Å². The molecule has 4 rings (SSSR count). The first-order chi connectivity index (χ1) is 13.1. The summed E-state index contributed by atoms with van der Waals surface area (Å²) < 4.78 is 44.3. The molecule has 0 radical (unpaired) electrons. The van der Waals surface area contributed by atoms with Crippen LogP contribution in [0.5, 0.6) is 0 Å². The standard InChI is InChI=1S/C18H20F3N3O4/c19-18(20,21)12-1-2-13(22-9-12)10-24-11-16(28-17(3-4-17)14(24)25)5-7-23(8-6-16)15(26)27/h1-2,9H,3-8,10-11H2,(H,26,27). The van der Waals surface area contributed by atoms with E-state index in [1.54, 1.807) is 4.90 Å². The third kappa shape index (κ3) is 3.41. The van der Waals surface area contributed by atoms with Crippen LogP contribution in [-0.4, -0.2) is 62.7 Å². The van der Waals surface area contributed by atoms with Crippen molar-refractivity contribution in [3.05, 3.63) is 29.6 Å². The van der Waals surface area contributed by atoms with Crippen molar-refractivity contribution < 1.29 is 32.6 Å². The van der Waals surface area contributed by atoms with Gasteiger partial charge >= 0.3 is 12.3 Å². The minimum absolute atomic E-state index is 0.104. The molecule has 1 aromatic heterocycles. The smallest absolute Gasteiger partial charge is 0.417 e. The lowest BCUT2D eigenvalue weighted by atomic mass is 9.88. The van der Waals surface area contributed by atoms with Crippen molar-refractivity contribution in [2.75, 3.05) is 19.6 Å². The first-order valence-electron chi connectivity index (χ1n) is 9.12. The minimum atomic E-state index is -4.46. The third-order valence-electron chi connectivity index (χ3n) is 5.72. The molecule has 3 fully saturated rings. The van der Waals surface area contributed by atoms with Crippen LogP contribution < -0.4 is 0 Å². The number of halogens is 3. The summed E-state index contributed by atoms with van der Waals surface area (Å²) in [4.78, 5) is 30.8. The van der Waals surface area contributed by atoms with Crippen LogP contribution in [0.2, 0.25) is 0 Å². The van der Waals surface area contributed by atoms with Crippen molar-refractivity contribution in [1.82, 2.24) is 14.8 Å². The van der Waals surface area contributed by atoms with Crippen LogP contribution in [0, 0.1) is 0 Å². The predicted molar refractivity (Wildman–Crippen MR) is 89.3 cm³/mol. The molecule has 7 nitrogen and oxygen atoms in total. The highest BCUT2D eigenvalue weighted by atomic mass is 19.4. The Balaban J connectivity index is 1.50. The van der Waals surface area contributed by atoms with Gasteiger partial charge in [-0.2, -0.15) is 13.2 Å². The molecule has 10 heteroatoms. The molecule has 2 spiro atoms.